The van der Waals surface area contributed by atoms with Gasteiger partial charge in [0.05, 0.1) is 0 Å². The lowest BCUT2D eigenvalue weighted by molar-refractivity contribution is 0.518. The van der Waals surface area contributed by atoms with Crippen molar-refractivity contribution in [3.8, 4) is 0 Å². The van der Waals surface area contributed by atoms with Crippen LogP contribution in [0.25, 0.3) is 0 Å². The van der Waals surface area contributed by atoms with Gasteiger partial charge in [-0.25, -0.2) is 0 Å². The molecule has 0 amide bonds. The molecule has 2 nitrogen and oxygen atoms in total. The molecular formula is C18H24N2. The van der Waals surface area contributed by atoms with E-state index in [-0.39, 0.29) is 5.54 Å². The largest absolute Gasteiger partial charge is 0.398 e. The summed E-state index contributed by atoms with van der Waals surface area (Å²) in [6.07, 6.45) is 2.15. The van der Waals surface area contributed by atoms with Crippen LogP contribution in [-0.4, -0.2) is 5.54 Å². The van der Waals surface area contributed by atoms with E-state index in [1.54, 1.807) is 0 Å². The first kappa shape index (κ1) is 14.4. The van der Waals surface area contributed by atoms with Gasteiger partial charge in [0.1, 0.15) is 0 Å². The number of benzene rings is 2. The van der Waals surface area contributed by atoms with Crippen LogP contribution < -0.4 is 11.1 Å². The summed E-state index contributed by atoms with van der Waals surface area (Å²) >= 11 is 0. The highest BCUT2D eigenvalue weighted by Crippen LogP contribution is 2.23. The Hall–Kier alpha value is -1.96. The summed E-state index contributed by atoms with van der Waals surface area (Å²) in [4.78, 5) is 0. The Bertz CT molecular complexity index is 559. The van der Waals surface area contributed by atoms with E-state index in [1.165, 1.54) is 5.56 Å². The van der Waals surface area contributed by atoms with Gasteiger partial charge in [0.25, 0.3) is 0 Å². The summed E-state index contributed by atoms with van der Waals surface area (Å²) in [7, 11) is 0. The van der Waals surface area contributed by atoms with Gasteiger partial charge in [0, 0.05) is 16.9 Å². The predicted octanol–water partition coefficient (Wildman–Crippen LogP) is 4.40. The molecule has 20 heavy (non-hydrogen) atoms. The molecule has 3 N–H and O–H groups in total. The monoisotopic (exact) mass is 268 g/mol. The van der Waals surface area contributed by atoms with Crippen molar-refractivity contribution < 1.29 is 0 Å². The van der Waals surface area contributed by atoms with E-state index in [4.69, 9.17) is 5.73 Å². The van der Waals surface area contributed by atoms with Gasteiger partial charge in [-0.05, 0) is 56.9 Å². The number of anilines is 2. The summed E-state index contributed by atoms with van der Waals surface area (Å²) in [5, 5.41) is 3.58. The molecule has 0 aliphatic heterocycles. The summed E-state index contributed by atoms with van der Waals surface area (Å²) in [6, 6.07) is 16.8. The maximum absolute atomic E-state index is 5.96. The van der Waals surface area contributed by atoms with Crippen LogP contribution in [0.1, 0.15) is 31.4 Å². The topological polar surface area (TPSA) is 38.0 Å². The second-order valence-electron chi connectivity index (χ2n) is 6.07. The van der Waals surface area contributed by atoms with Crippen LogP contribution in [0.4, 0.5) is 11.4 Å². The van der Waals surface area contributed by atoms with Crippen molar-refractivity contribution in [2.24, 2.45) is 0 Å². The van der Waals surface area contributed by atoms with Crippen LogP contribution in [0.15, 0.2) is 48.5 Å². The minimum absolute atomic E-state index is 0.0392. The van der Waals surface area contributed by atoms with Gasteiger partial charge in [-0.2, -0.15) is 0 Å². The summed E-state index contributed by atoms with van der Waals surface area (Å²) < 4.78 is 0. The van der Waals surface area contributed by atoms with Gasteiger partial charge in [0.15, 0.2) is 0 Å². The van der Waals surface area contributed by atoms with E-state index in [0.717, 1.165) is 29.8 Å². The van der Waals surface area contributed by atoms with Crippen molar-refractivity contribution in [3.63, 3.8) is 0 Å². The molecule has 2 heteroatoms. The Labute approximate surface area is 122 Å². The highest BCUT2D eigenvalue weighted by atomic mass is 15.0. The molecule has 2 rings (SSSR count). The quantitative estimate of drug-likeness (QED) is 0.789. The minimum Gasteiger partial charge on any atom is -0.398 e. The summed E-state index contributed by atoms with van der Waals surface area (Å²) in [5.41, 5.74) is 10.4. The second-order valence-corrected chi connectivity index (χ2v) is 6.07. The van der Waals surface area contributed by atoms with Crippen molar-refractivity contribution in [2.75, 3.05) is 11.1 Å². The molecule has 0 saturated heterocycles. The SMILES string of the molecule is Cc1ccc(NC(C)(C)CCc2ccccc2)cc1N. The van der Waals surface area contributed by atoms with Crippen molar-refractivity contribution in [2.45, 2.75) is 39.2 Å². The molecule has 0 radical (unpaired) electrons. The van der Waals surface area contributed by atoms with Crippen LogP contribution in [0, 0.1) is 6.92 Å². The number of rotatable bonds is 5. The predicted molar refractivity (Wildman–Crippen MR) is 88.1 cm³/mol. The summed E-state index contributed by atoms with van der Waals surface area (Å²) in [5.74, 6) is 0. The molecule has 0 aliphatic carbocycles. The van der Waals surface area contributed by atoms with Crippen LogP contribution in [0.3, 0.4) is 0 Å². The Morgan fingerprint density at radius 3 is 2.40 bits per heavy atom. The van der Waals surface area contributed by atoms with E-state index in [0.29, 0.717) is 0 Å². The minimum atomic E-state index is 0.0392. The third-order valence-corrected chi connectivity index (χ3v) is 3.64. The maximum Gasteiger partial charge on any atom is 0.0365 e. The van der Waals surface area contributed by atoms with Gasteiger partial charge in [-0.3, -0.25) is 0 Å². The molecule has 0 aromatic heterocycles. The van der Waals surface area contributed by atoms with Crippen molar-refractivity contribution in [3.05, 3.63) is 59.7 Å². The van der Waals surface area contributed by atoms with Gasteiger partial charge in [0.2, 0.25) is 0 Å². The average Bonchev–Trinajstić information content (AvgIpc) is 2.42. The first-order valence-corrected chi connectivity index (χ1v) is 7.14. The van der Waals surface area contributed by atoms with E-state index in [2.05, 4.69) is 61.6 Å². The molecule has 0 aliphatic rings. The normalized spacial score (nSPS) is 11.3. The van der Waals surface area contributed by atoms with Gasteiger partial charge in [-0.15, -0.1) is 0 Å². The van der Waals surface area contributed by atoms with Gasteiger partial charge < -0.3 is 11.1 Å². The fourth-order valence-electron chi connectivity index (χ4n) is 2.27. The highest BCUT2D eigenvalue weighted by molar-refractivity contribution is 5.59. The maximum atomic E-state index is 5.96. The van der Waals surface area contributed by atoms with E-state index in [9.17, 15) is 0 Å². The van der Waals surface area contributed by atoms with Crippen molar-refractivity contribution in [1.82, 2.24) is 0 Å². The van der Waals surface area contributed by atoms with Crippen LogP contribution in [-0.2, 0) is 6.42 Å². The number of nitrogens with one attached hydrogen (secondary N) is 1. The number of hydrogen-bond donors (Lipinski definition) is 2. The van der Waals surface area contributed by atoms with Crippen molar-refractivity contribution in [1.29, 1.82) is 0 Å². The summed E-state index contributed by atoms with van der Waals surface area (Å²) in [6.45, 7) is 6.48. The Balaban J connectivity index is 1.98. The van der Waals surface area contributed by atoms with E-state index < -0.39 is 0 Å². The number of hydrogen-bond acceptors (Lipinski definition) is 2. The van der Waals surface area contributed by atoms with E-state index in [1.807, 2.05) is 13.0 Å². The average molecular weight is 268 g/mol. The lowest BCUT2D eigenvalue weighted by Crippen LogP contribution is -2.31. The molecule has 0 fully saturated rings. The zero-order valence-corrected chi connectivity index (χ0v) is 12.6. The molecular weight excluding hydrogens is 244 g/mol. The number of aryl methyl sites for hydroxylation is 2. The zero-order chi connectivity index (χ0) is 14.6. The Morgan fingerprint density at radius 2 is 1.75 bits per heavy atom. The highest BCUT2D eigenvalue weighted by Gasteiger charge is 2.17. The first-order chi connectivity index (χ1) is 9.46. The third-order valence-electron chi connectivity index (χ3n) is 3.64. The number of nitrogen functional groups attached to an aromatic ring is 1. The molecule has 0 atom stereocenters. The fourth-order valence-corrected chi connectivity index (χ4v) is 2.27. The van der Waals surface area contributed by atoms with Gasteiger partial charge in [-0.1, -0.05) is 36.4 Å². The zero-order valence-electron chi connectivity index (χ0n) is 12.6. The molecule has 0 spiro atoms. The molecule has 0 heterocycles. The van der Waals surface area contributed by atoms with E-state index >= 15 is 0 Å². The van der Waals surface area contributed by atoms with Crippen LogP contribution >= 0.6 is 0 Å². The Kier molecular flexibility index (Phi) is 4.33. The molecule has 0 unspecified atom stereocenters. The third kappa shape index (κ3) is 4.02. The number of nitrogens with two attached hydrogens (primary N) is 1. The lowest BCUT2D eigenvalue weighted by Gasteiger charge is -2.28. The molecule has 106 valence electrons. The molecule has 2 aromatic rings. The van der Waals surface area contributed by atoms with Crippen LogP contribution in [0.5, 0.6) is 0 Å². The smallest absolute Gasteiger partial charge is 0.0365 e. The lowest BCUT2D eigenvalue weighted by atomic mass is 9.95. The van der Waals surface area contributed by atoms with Gasteiger partial charge >= 0.3 is 0 Å². The second kappa shape index (κ2) is 6.00. The molecule has 0 bridgehead atoms. The molecule has 0 saturated carbocycles. The standard InChI is InChI=1S/C18H24N2/c1-14-9-10-16(13-17(14)19)20-18(2,3)12-11-15-7-5-4-6-8-15/h4-10,13,20H,11-12,19H2,1-3H3. The molecule has 2 aromatic carbocycles. The first-order valence-electron chi connectivity index (χ1n) is 7.14. The fraction of sp³-hybridized carbons (Fsp3) is 0.333. The van der Waals surface area contributed by atoms with Crippen molar-refractivity contribution >= 4 is 11.4 Å². The Morgan fingerprint density at radius 1 is 1.05 bits per heavy atom. The van der Waals surface area contributed by atoms with Crippen LogP contribution in [0.2, 0.25) is 0 Å².